The Bertz CT molecular complexity index is 641. The van der Waals surface area contributed by atoms with Crippen molar-refractivity contribution in [2.75, 3.05) is 0 Å². The smallest absolute Gasteiger partial charge is 0.338 e. The van der Waals surface area contributed by atoms with E-state index in [0.29, 0.717) is 10.8 Å². The second kappa shape index (κ2) is 5.62. The van der Waals surface area contributed by atoms with E-state index in [2.05, 4.69) is 19.7 Å². The van der Waals surface area contributed by atoms with Gasteiger partial charge in [-0.1, -0.05) is 11.8 Å². The molecule has 7 heteroatoms. The van der Waals surface area contributed by atoms with E-state index >= 15 is 0 Å². The summed E-state index contributed by atoms with van der Waals surface area (Å²) in [5.41, 5.74) is 0.232. The molecular formula is C13H14N4O2S. The lowest BCUT2D eigenvalue weighted by Crippen LogP contribution is -2.12. The second-order valence-electron chi connectivity index (χ2n) is 4.59. The number of nitrogens with zero attached hydrogens (tertiary/aromatic N) is 4. The number of pyridine rings is 1. The van der Waals surface area contributed by atoms with E-state index < -0.39 is 5.97 Å². The zero-order valence-corrected chi connectivity index (χ0v) is 11.6. The number of carboxylic acids is 1. The molecular weight excluding hydrogens is 276 g/mol. The zero-order valence-electron chi connectivity index (χ0n) is 10.8. The van der Waals surface area contributed by atoms with Gasteiger partial charge in [-0.25, -0.2) is 9.78 Å². The molecule has 1 aliphatic rings. The Hall–Kier alpha value is -1.89. The van der Waals surface area contributed by atoms with E-state index in [4.69, 9.17) is 5.11 Å². The number of fused-ring (bicyclic) bond motifs is 1. The monoisotopic (exact) mass is 290 g/mol. The first kappa shape index (κ1) is 13.1. The van der Waals surface area contributed by atoms with Crippen molar-refractivity contribution in [3.8, 4) is 0 Å². The Labute approximate surface area is 120 Å². The van der Waals surface area contributed by atoms with E-state index in [-0.39, 0.29) is 5.56 Å². The molecule has 2 aromatic rings. The van der Waals surface area contributed by atoms with Crippen LogP contribution in [-0.2, 0) is 18.7 Å². The van der Waals surface area contributed by atoms with E-state index in [1.165, 1.54) is 11.8 Å². The highest BCUT2D eigenvalue weighted by atomic mass is 32.2. The Kier molecular flexibility index (Phi) is 3.68. The third-order valence-electron chi connectivity index (χ3n) is 3.28. The number of hydrogen-bond acceptors (Lipinski definition) is 5. The van der Waals surface area contributed by atoms with Gasteiger partial charge in [0.25, 0.3) is 0 Å². The third kappa shape index (κ3) is 2.53. The van der Waals surface area contributed by atoms with Crippen molar-refractivity contribution in [2.24, 2.45) is 0 Å². The Morgan fingerprint density at radius 3 is 3.15 bits per heavy atom. The van der Waals surface area contributed by atoms with Crippen LogP contribution < -0.4 is 0 Å². The molecule has 6 nitrogen and oxygen atoms in total. The minimum Gasteiger partial charge on any atom is -0.478 e. The van der Waals surface area contributed by atoms with Crippen molar-refractivity contribution in [3.63, 3.8) is 0 Å². The highest BCUT2D eigenvalue weighted by Crippen LogP contribution is 2.25. The zero-order chi connectivity index (χ0) is 13.9. The minimum absolute atomic E-state index is 0.232. The van der Waals surface area contributed by atoms with Crippen molar-refractivity contribution in [3.05, 3.63) is 35.5 Å². The maximum absolute atomic E-state index is 11.1. The molecule has 1 aliphatic heterocycles. The second-order valence-corrected chi connectivity index (χ2v) is 5.56. The van der Waals surface area contributed by atoms with Crippen LogP contribution in [0.2, 0.25) is 0 Å². The van der Waals surface area contributed by atoms with Crippen LogP contribution in [-0.4, -0.2) is 30.8 Å². The molecule has 0 saturated heterocycles. The highest BCUT2D eigenvalue weighted by molar-refractivity contribution is 7.98. The highest BCUT2D eigenvalue weighted by Gasteiger charge is 2.17. The summed E-state index contributed by atoms with van der Waals surface area (Å²) in [6.45, 7) is 0.951. The van der Waals surface area contributed by atoms with E-state index in [0.717, 1.165) is 37.5 Å². The van der Waals surface area contributed by atoms with E-state index in [1.807, 2.05) is 0 Å². The molecule has 0 aromatic carbocycles. The number of aromatic carboxylic acids is 1. The number of thioether (sulfide) groups is 1. The molecule has 0 saturated carbocycles. The van der Waals surface area contributed by atoms with Gasteiger partial charge in [-0.3, -0.25) is 0 Å². The lowest BCUT2D eigenvalue weighted by molar-refractivity contribution is 0.0692. The number of aromatic nitrogens is 4. The molecule has 3 rings (SSSR count). The number of carbonyl (C=O) groups is 1. The van der Waals surface area contributed by atoms with Crippen molar-refractivity contribution >= 4 is 17.7 Å². The molecule has 1 N–H and O–H groups in total. The van der Waals surface area contributed by atoms with Gasteiger partial charge in [-0.15, -0.1) is 10.2 Å². The number of aryl methyl sites for hydroxylation is 1. The summed E-state index contributed by atoms with van der Waals surface area (Å²) in [6, 6.07) is 3.20. The van der Waals surface area contributed by atoms with Crippen LogP contribution in [0.3, 0.4) is 0 Å². The fourth-order valence-corrected chi connectivity index (χ4v) is 3.20. The van der Waals surface area contributed by atoms with E-state index in [1.54, 1.807) is 18.3 Å². The van der Waals surface area contributed by atoms with Crippen LogP contribution in [0.4, 0.5) is 0 Å². The van der Waals surface area contributed by atoms with Gasteiger partial charge in [0.1, 0.15) is 16.7 Å². The third-order valence-corrected chi connectivity index (χ3v) is 4.28. The molecule has 0 bridgehead atoms. The first-order chi connectivity index (χ1) is 9.75. The van der Waals surface area contributed by atoms with Gasteiger partial charge in [-0.2, -0.15) is 0 Å². The summed E-state index contributed by atoms with van der Waals surface area (Å²) >= 11 is 1.39. The SMILES string of the molecule is O=C(O)c1cccnc1SCc1nnc2n1CCCC2. The summed E-state index contributed by atoms with van der Waals surface area (Å²) in [4.78, 5) is 15.3. The molecule has 0 spiro atoms. The number of carboxylic acid groups (broad SMARTS) is 1. The van der Waals surface area contributed by atoms with Crippen LogP contribution in [0.5, 0.6) is 0 Å². The molecule has 2 aromatic heterocycles. The van der Waals surface area contributed by atoms with Gasteiger partial charge >= 0.3 is 5.97 Å². The molecule has 0 amide bonds. The molecule has 0 fully saturated rings. The molecule has 0 atom stereocenters. The number of rotatable bonds is 4. The standard InChI is InChI=1S/C13H14N4O2S/c18-13(19)9-4-3-6-14-12(9)20-8-11-16-15-10-5-1-2-7-17(10)11/h3-4,6H,1-2,5,7-8H2,(H,18,19). The van der Waals surface area contributed by atoms with E-state index in [9.17, 15) is 4.79 Å². The Balaban J connectivity index is 1.77. The summed E-state index contributed by atoms with van der Waals surface area (Å²) in [5, 5.41) is 18.0. The van der Waals surface area contributed by atoms with Crippen LogP contribution in [0.25, 0.3) is 0 Å². The lowest BCUT2D eigenvalue weighted by Gasteiger charge is -2.14. The molecule has 0 radical (unpaired) electrons. The topological polar surface area (TPSA) is 80.9 Å². The van der Waals surface area contributed by atoms with Gasteiger partial charge in [0.05, 0.1) is 11.3 Å². The van der Waals surface area contributed by atoms with Crippen LogP contribution in [0, 0.1) is 0 Å². The van der Waals surface area contributed by atoms with Crippen molar-refractivity contribution in [1.29, 1.82) is 0 Å². The van der Waals surface area contributed by atoms with Crippen molar-refractivity contribution in [2.45, 2.75) is 36.6 Å². The van der Waals surface area contributed by atoms with Gasteiger partial charge in [0.2, 0.25) is 0 Å². The Morgan fingerprint density at radius 1 is 1.40 bits per heavy atom. The average Bonchev–Trinajstić information content (AvgIpc) is 2.88. The molecule has 0 unspecified atom stereocenters. The van der Waals surface area contributed by atoms with Crippen LogP contribution in [0.15, 0.2) is 23.4 Å². The normalized spacial score (nSPS) is 14.0. The van der Waals surface area contributed by atoms with Gasteiger partial charge in [-0.05, 0) is 25.0 Å². The summed E-state index contributed by atoms with van der Waals surface area (Å²) < 4.78 is 2.14. The largest absolute Gasteiger partial charge is 0.478 e. The summed E-state index contributed by atoms with van der Waals surface area (Å²) in [6.07, 6.45) is 4.89. The first-order valence-electron chi connectivity index (χ1n) is 6.48. The van der Waals surface area contributed by atoms with Gasteiger partial charge in [0, 0.05) is 19.2 Å². The van der Waals surface area contributed by atoms with Gasteiger partial charge in [0.15, 0.2) is 0 Å². The fourth-order valence-electron chi connectivity index (χ4n) is 2.28. The van der Waals surface area contributed by atoms with Crippen molar-refractivity contribution < 1.29 is 9.90 Å². The van der Waals surface area contributed by atoms with Crippen LogP contribution >= 0.6 is 11.8 Å². The number of hydrogen-bond donors (Lipinski definition) is 1. The Morgan fingerprint density at radius 2 is 2.30 bits per heavy atom. The maximum Gasteiger partial charge on any atom is 0.338 e. The average molecular weight is 290 g/mol. The quantitative estimate of drug-likeness (QED) is 0.867. The molecule has 0 aliphatic carbocycles. The molecule has 3 heterocycles. The minimum atomic E-state index is -0.955. The predicted octanol–water partition coefficient (Wildman–Crippen LogP) is 2.00. The summed E-state index contributed by atoms with van der Waals surface area (Å²) in [5.74, 6) is 1.56. The van der Waals surface area contributed by atoms with Crippen molar-refractivity contribution in [1.82, 2.24) is 19.7 Å². The predicted molar refractivity (Wildman–Crippen MR) is 73.7 cm³/mol. The maximum atomic E-state index is 11.1. The van der Waals surface area contributed by atoms with Crippen LogP contribution in [0.1, 0.15) is 34.8 Å². The lowest BCUT2D eigenvalue weighted by atomic mass is 10.2. The first-order valence-corrected chi connectivity index (χ1v) is 7.46. The molecule has 20 heavy (non-hydrogen) atoms. The van der Waals surface area contributed by atoms with Gasteiger partial charge < -0.3 is 9.67 Å². The molecule has 104 valence electrons. The summed E-state index contributed by atoms with van der Waals surface area (Å²) in [7, 11) is 0. The fraction of sp³-hybridized carbons (Fsp3) is 0.385.